The molecule has 34 heavy (non-hydrogen) atoms. The minimum atomic E-state index is -1.05. The van der Waals surface area contributed by atoms with Crippen LogP contribution >= 0.6 is 11.3 Å². The molecule has 7 heteroatoms. The first kappa shape index (κ1) is 23.0. The van der Waals surface area contributed by atoms with E-state index in [1.165, 1.54) is 11.3 Å². The van der Waals surface area contributed by atoms with Crippen LogP contribution in [0, 0.1) is 0 Å². The predicted molar refractivity (Wildman–Crippen MR) is 137 cm³/mol. The van der Waals surface area contributed by atoms with Crippen molar-refractivity contribution < 1.29 is 14.3 Å². The first-order chi connectivity index (χ1) is 16.4. The van der Waals surface area contributed by atoms with Crippen LogP contribution in [0.5, 0.6) is 5.75 Å². The molecule has 0 bridgehead atoms. The van der Waals surface area contributed by atoms with Crippen molar-refractivity contribution in [3.05, 3.63) is 47.0 Å². The first-order valence-electron chi connectivity index (χ1n) is 12.4. The molecular formula is C27H33N3O3S. The van der Waals surface area contributed by atoms with Crippen LogP contribution < -0.4 is 15.0 Å². The van der Waals surface area contributed by atoms with Gasteiger partial charge in [-0.3, -0.25) is 14.5 Å². The van der Waals surface area contributed by atoms with E-state index in [1.807, 2.05) is 44.2 Å². The molecular weight excluding hydrogens is 446 g/mol. The number of ether oxygens (including phenoxy) is 1. The number of aryl methyl sites for hydroxylation is 1. The Morgan fingerprint density at radius 2 is 1.88 bits per heavy atom. The van der Waals surface area contributed by atoms with Crippen molar-refractivity contribution in [1.29, 1.82) is 0 Å². The Morgan fingerprint density at radius 3 is 2.56 bits per heavy atom. The second-order valence-electron chi connectivity index (χ2n) is 9.58. The highest BCUT2D eigenvalue weighted by molar-refractivity contribution is 7.19. The summed E-state index contributed by atoms with van der Waals surface area (Å²) in [6.45, 7) is 6.99. The van der Waals surface area contributed by atoms with Crippen molar-refractivity contribution in [3.63, 3.8) is 0 Å². The fraction of sp³-hybridized carbons (Fsp3) is 0.481. The van der Waals surface area contributed by atoms with Crippen LogP contribution in [0.1, 0.15) is 68.2 Å². The maximum atomic E-state index is 14.0. The van der Waals surface area contributed by atoms with Crippen LogP contribution in [0.3, 0.4) is 0 Å². The molecule has 2 amide bonds. The Bertz CT molecular complexity index is 1210. The lowest BCUT2D eigenvalue weighted by atomic mass is 9.91. The number of fused-ring (bicyclic) bond motifs is 3. The van der Waals surface area contributed by atoms with Crippen molar-refractivity contribution in [2.24, 2.45) is 0 Å². The van der Waals surface area contributed by atoms with Crippen LogP contribution in [0.2, 0.25) is 0 Å². The summed E-state index contributed by atoms with van der Waals surface area (Å²) in [5.41, 5.74) is 1.35. The lowest BCUT2D eigenvalue weighted by Crippen LogP contribution is -2.65. The largest absolute Gasteiger partial charge is 0.494 e. The second-order valence-corrected chi connectivity index (χ2v) is 10.7. The van der Waals surface area contributed by atoms with Crippen molar-refractivity contribution in [1.82, 2.24) is 9.88 Å². The van der Waals surface area contributed by atoms with Crippen LogP contribution in [0.4, 0.5) is 5.69 Å². The number of hydrogen-bond donors (Lipinski definition) is 1. The number of anilines is 1. The van der Waals surface area contributed by atoms with Gasteiger partial charge in [0.1, 0.15) is 17.0 Å². The van der Waals surface area contributed by atoms with Crippen LogP contribution in [0.15, 0.2) is 36.4 Å². The number of rotatable bonds is 6. The fourth-order valence-electron chi connectivity index (χ4n) is 5.35. The molecule has 5 rings (SSSR count). The van der Waals surface area contributed by atoms with E-state index in [9.17, 15) is 9.59 Å². The van der Waals surface area contributed by atoms with E-state index in [2.05, 4.69) is 22.9 Å². The molecule has 3 aromatic rings. The molecule has 1 aromatic carbocycles. The van der Waals surface area contributed by atoms with Gasteiger partial charge < -0.3 is 14.6 Å². The number of thiophene rings is 1. The molecule has 0 spiro atoms. The van der Waals surface area contributed by atoms with E-state index in [0.29, 0.717) is 24.5 Å². The number of nitrogens with zero attached hydrogens (tertiary/aromatic N) is 2. The zero-order valence-corrected chi connectivity index (χ0v) is 21.0. The lowest BCUT2D eigenvalue weighted by molar-refractivity contribution is -0.127. The fourth-order valence-corrected chi connectivity index (χ4v) is 6.39. The molecule has 0 saturated heterocycles. The van der Waals surface area contributed by atoms with Crippen LogP contribution in [-0.4, -0.2) is 34.6 Å². The molecule has 2 aliphatic rings. The third kappa shape index (κ3) is 3.90. The molecule has 2 aromatic heterocycles. The van der Waals surface area contributed by atoms with Gasteiger partial charge in [0.2, 0.25) is 5.91 Å². The van der Waals surface area contributed by atoms with Gasteiger partial charge in [-0.2, -0.15) is 0 Å². The number of carbonyl (C=O) groups is 2. The van der Waals surface area contributed by atoms with Crippen molar-refractivity contribution in [3.8, 4) is 5.75 Å². The van der Waals surface area contributed by atoms with Gasteiger partial charge in [0.15, 0.2) is 0 Å². The number of benzene rings is 1. The quantitative estimate of drug-likeness (QED) is 0.505. The molecule has 1 saturated carbocycles. The van der Waals surface area contributed by atoms with Gasteiger partial charge in [-0.05, 0) is 69.5 Å². The van der Waals surface area contributed by atoms with E-state index in [4.69, 9.17) is 4.74 Å². The lowest BCUT2D eigenvalue weighted by Gasteiger charge is -2.44. The zero-order valence-electron chi connectivity index (χ0n) is 20.2. The summed E-state index contributed by atoms with van der Waals surface area (Å²) in [5, 5.41) is 3.30. The van der Waals surface area contributed by atoms with Gasteiger partial charge in [0, 0.05) is 16.6 Å². The van der Waals surface area contributed by atoms with Gasteiger partial charge >= 0.3 is 0 Å². The smallest absolute Gasteiger partial charge is 0.275 e. The molecule has 1 atom stereocenters. The van der Waals surface area contributed by atoms with E-state index >= 15 is 0 Å². The standard InChI is InChI=1S/C27H33N3O3S/c1-4-21-15-22-24(34-21)16-23-25(31)30(19-11-13-20(14-12-19)33-5-2)27(3,17-29(22)23)26(32)28-18-9-7-6-8-10-18/h11-16,18H,4-10,17H2,1-3H3,(H,28,32). The molecule has 6 nitrogen and oxygen atoms in total. The van der Waals surface area contributed by atoms with Gasteiger partial charge in [-0.25, -0.2) is 0 Å². The van der Waals surface area contributed by atoms with Crippen molar-refractivity contribution in [2.75, 3.05) is 11.5 Å². The minimum absolute atomic E-state index is 0.0833. The van der Waals surface area contributed by atoms with Gasteiger partial charge in [-0.1, -0.05) is 26.2 Å². The van der Waals surface area contributed by atoms with Crippen molar-refractivity contribution in [2.45, 2.75) is 77.4 Å². The third-order valence-electron chi connectivity index (χ3n) is 7.21. The monoisotopic (exact) mass is 479 g/mol. The second kappa shape index (κ2) is 9.10. The van der Waals surface area contributed by atoms with Crippen molar-refractivity contribution >= 4 is 39.1 Å². The number of nitrogens with one attached hydrogen (secondary N) is 1. The Labute approximate surface area is 204 Å². The summed E-state index contributed by atoms with van der Waals surface area (Å²) >= 11 is 1.73. The topological polar surface area (TPSA) is 63.6 Å². The maximum Gasteiger partial charge on any atom is 0.275 e. The summed E-state index contributed by atoms with van der Waals surface area (Å²) < 4.78 is 8.75. The third-order valence-corrected chi connectivity index (χ3v) is 8.42. The van der Waals surface area contributed by atoms with E-state index < -0.39 is 5.54 Å². The van der Waals surface area contributed by atoms with E-state index in [1.54, 1.807) is 16.2 Å². The first-order valence-corrected chi connectivity index (χ1v) is 13.3. The van der Waals surface area contributed by atoms with E-state index in [0.717, 1.165) is 48.1 Å². The zero-order chi connectivity index (χ0) is 23.9. The Hall–Kier alpha value is -2.80. The highest BCUT2D eigenvalue weighted by Crippen LogP contribution is 2.39. The minimum Gasteiger partial charge on any atom is -0.494 e. The Balaban J connectivity index is 1.57. The molecule has 1 N–H and O–H groups in total. The number of carbonyl (C=O) groups excluding carboxylic acids is 2. The molecule has 1 unspecified atom stereocenters. The SMILES string of the molecule is CCOc1ccc(N2C(=O)c3cc4sc(CC)cc4n3CC2(C)C(=O)NC2CCCCC2)cc1. The summed E-state index contributed by atoms with van der Waals surface area (Å²) in [6.07, 6.45) is 6.47. The summed E-state index contributed by atoms with van der Waals surface area (Å²) in [4.78, 5) is 30.8. The average molecular weight is 480 g/mol. The van der Waals surface area contributed by atoms with Gasteiger partial charge in [0.25, 0.3) is 5.91 Å². The Morgan fingerprint density at radius 1 is 1.15 bits per heavy atom. The molecule has 1 aliphatic carbocycles. The van der Waals surface area contributed by atoms with Crippen LogP contribution in [0.25, 0.3) is 10.2 Å². The normalized spacial score (nSPS) is 21.0. The molecule has 3 heterocycles. The molecule has 1 fully saturated rings. The number of hydrogen-bond acceptors (Lipinski definition) is 4. The highest BCUT2D eigenvalue weighted by Gasteiger charge is 2.49. The summed E-state index contributed by atoms with van der Waals surface area (Å²) in [5.74, 6) is 0.526. The maximum absolute atomic E-state index is 14.0. The molecule has 180 valence electrons. The number of aromatic nitrogens is 1. The Kier molecular flexibility index (Phi) is 6.15. The molecule has 1 aliphatic heterocycles. The van der Waals surface area contributed by atoms with Gasteiger partial charge in [0.05, 0.1) is 23.4 Å². The summed E-state index contributed by atoms with van der Waals surface area (Å²) in [7, 11) is 0. The predicted octanol–water partition coefficient (Wildman–Crippen LogP) is 5.53. The highest BCUT2D eigenvalue weighted by atomic mass is 32.1. The van der Waals surface area contributed by atoms with Crippen LogP contribution in [-0.2, 0) is 17.8 Å². The van der Waals surface area contributed by atoms with E-state index in [-0.39, 0.29) is 17.9 Å². The van der Waals surface area contributed by atoms with Gasteiger partial charge in [-0.15, -0.1) is 11.3 Å². The summed E-state index contributed by atoms with van der Waals surface area (Å²) in [6, 6.07) is 11.8. The molecule has 0 radical (unpaired) electrons. The number of amides is 2. The average Bonchev–Trinajstić information content (AvgIpc) is 3.39.